The zero-order chi connectivity index (χ0) is 11.3. The van der Waals surface area contributed by atoms with Gasteiger partial charge in [-0.1, -0.05) is 36.0 Å². The third-order valence-corrected chi connectivity index (χ3v) is 1.74. The summed E-state index contributed by atoms with van der Waals surface area (Å²) >= 11 is 0. The lowest BCUT2D eigenvalue weighted by Crippen LogP contribution is -1.91. The van der Waals surface area contributed by atoms with Crippen LogP contribution in [0.15, 0.2) is 41.5 Å². The minimum Gasteiger partial charge on any atom is -0.475 e. The van der Waals surface area contributed by atoms with Crippen LogP contribution < -0.4 is 0 Å². The molecule has 1 heterocycles. The second-order valence-electron chi connectivity index (χ2n) is 2.72. The highest BCUT2D eigenvalue weighted by molar-refractivity contribution is 5.86. The highest BCUT2D eigenvalue weighted by Gasteiger charge is 2.11. The van der Waals surface area contributed by atoms with Crippen molar-refractivity contribution in [2.75, 3.05) is 0 Å². The molecule has 0 saturated carbocycles. The molecule has 15 heavy (non-hydrogen) atoms. The second kappa shape index (κ2) is 4.95. The molecule has 1 aromatic heterocycles. The summed E-state index contributed by atoms with van der Waals surface area (Å²) in [5, 5.41) is 12.3. The third kappa shape index (κ3) is 2.67. The molecule has 0 bridgehead atoms. The van der Waals surface area contributed by atoms with Gasteiger partial charge in [-0.3, -0.25) is 0 Å². The van der Waals surface area contributed by atoms with E-state index in [4.69, 9.17) is 5.11 Å². The zero-order valence-electron chi connectivity index (χ0n) is 8.30. The Kier molecular flexibility index (Phi) is 3.62. The number of hydrogen-bond donors (Lipinski definition) is 1. The maximum absolute atomic E-state index is 10.6. The van der Waals surface area contributed by atoms with Gasteiger partial charge < -0.3 is 9.63 Å². The first-order valence-electron chi connectivity index (χ1n) is 4.35. The van der Waals surface area contributed by atoms with E-state index in [0.717, 1.165) is 5.57 Å². The number of rotatable bonds is 4. The van der Waals surface area contributed by atoms with Crippen LogP contribution in [0.5, 0.6) is 0 Å². The molecule has 4 heteroatoms. The molecule has 0 aliphatic rings. The monoisotopic (exact) mass is 205 g/mol. The molecule has 0 unspecified atom stereocenters. The number of hydrogen-bond acceptors (Lipinski definition) is 3. The van der Waals surface area contributed by atoms with Gasteiger partial charge in [-0.2, -0.15) is 0 Å². The minimum atomic E-state index is -1.13. The maximum atomic E-state index is 10.6. The molecule has 0 spiro atoms. The van der Waals surface area contributed by atoms with E-state index >= 15 is 0 Å². The van der Waals surface area contributed by atoms with Crippen LogP contribution in [-0.4, -0.2) is 16.2 Å². The molecule has 1 aromatic rings. The lowest BCUT2D eigenvalue weighted by atomic mass is 10.1. The van der Waals surface area contributed by atoms with E-state index < -0.39 is 5.97 Å². The Morgan fingerprint density at radius 2 is 2.40 bits per heavy atom. The maximum Gasteiger partial charge on any atom is 0.374 e. The number of nitrogens with zero attached hydrogens (tertiary/aromatic N) is 1. The van der Waals surface area contributed by atoms with Gasteiger partial charge in [0.25, 0.3) is 0 Å². The molecular weight excluding hydrogens is 194 g/mol. The highest BCUT2D eigenvalue weighted by atomic mass is 16.5. The Hall–Kier alpha value is -2.10. The van der Waals surface area contributed by atoms with Crippen LogP contribution >= 0.6 is 0 Å². The summed E-state index contributed by atoms with van der Waals surface area (Å²) in [6.07, 6.45) is 6.95. The van der Waals surface area contributed by atoms with Gasteiger partial charge in [-0.05, 0) is 12.5 Å². The summed E-state index contributed by atoms with van der Waals surface area (Å²) in [6.45, 7) is 5.37. The Balaban J connectivity index is 2.98. The topological polar surface area (TPSA) is 63.3 Å². The van der Waals surface area contributed by atoms with Crippen LogP contribution in [0.4, 0.5) is 0 Å². The van der Waals surface area contributed by atoms with Gasteiger partial charge in [0.05, 0.1) is 0 Å². The SMILES string of the molecule is C=C/C=C\C(=C/C)c1cc(C(=O)O)on1. The van der Waals surface area contributed by atoms with E-state index in [1.807, 2.05) is 13.0 Å². The lowest BCUT2D eigenvalue weighted by molar-refractivity contribution is 0.0652. The third-order valence-electron chi connectivity index (χ3n) is 1.74. The summed E-state index contributed by atoms with van der Waals surface area (Å²) in [5.41, 5.74) is 1.28. The molecule has 0 atom stereocenters. The first-order chi connectivity index (χ1) is 7.19. The average molecular weight is 205 g/mol. The van der Waals surface area contributed by atoms with Crippen molar-refractivity contribution >= 4 is 11.5 Å². The van der Waals surface area contributed by atoms with E-state index in [9.17, 15) is 4.79 Å². The van der Waals surface area contributed by atoms with Gasteiger partial charge in [0.1, 0.15) is 5.69 Å². The fraction of sp³-hybridized carbons (Fsp3) is 0.0909. The number of aromatic carboxylic acids is 1. The van der Waals surface area contributed by atoms with Crippen LogP contribution in [0.25, 0.3) is 5.57 Å². The molecular formula is C11H11NO3. The van der Waals surface area contributed by atoms with Gasteiger partial charge in [0.2, 0.25) is 5.76 Å². The first-order valence-corrected chi connectivity index (χ1v) is 4.35. The molecule has 78 valence electrons. The molecule has 1 N–H and O–H groups in total. The summed E-state index contributed by atoms with van der Waals surface area (Å²) in [6, 6.07) is 1.38. The summed E-state index contributed by atoms with van der Waals surface area (Å²) < 4.78 is 4.64. The van der Waals surface area contributed by atoms with E-state index in [-0.39, 0.29) is 5.76 Å². The number of carbonyl (C=O) groups is 1. The van der Waals surface area contributed by atoms with E-state index in [1.54, 1.807) is 18.2 Å². The number of carboxylic acids is 1. The fourth-order valence-corrected chi connectivity index (χ4v) is 1.01. The molecule has 4 nitrogen and oxygen atoms in total. The van der Waals surface area contributed by atoms with Gasteiger partial charge in [0.15, 0.2) is 0 Å². The van der Waals surface area contributed by atoms with Crippen molar-refractivity contribution in [1.29, 1.82) is 0 Å². The predicted molar refractivity (Wildman–Crippen MR) is 56.5 cm³/mol. The molecule has 0 radical (unpaired) electrons. The molecule has 0 saturated heterocycles. The smallest absolute Gasteiger partial charge is 0.374 e. The van der Waals surface area contributed by atoms with E-state index in [1.165, 1.54) is 6.07 Å². The van der Waals surface area contributed by atoms with E-state index in [2.05, 4.69) is 16.3 Å². The minimum absolute atomic E-state index is 0.170. The van der Waals surface area contributed by atoms with Crippen molar-refractivity contribution in [2.24, 2.45) is 0 Å². The molecule has 0 fully saturated rings. The first kappa shape index (κ1) is 11.0. The van der Waals surface area contributed by atoms with Crippen molar-refractivity contribution in [3.63, 3.8) is 0 Å². The molecule has 1 rings (SSSR count). The fourth-order valence-electron chi connectivity index (χ4n) is 1.01. The van der Waals surface area contributed by atoms with Crippen molar-refractivity contribution in [3.8, 4) is 0 Å². The Morgan fingerprint density at radius 1 is 1.67 bits per heavy atom. The lowest BCUT2D eigenvalue weighted by Gasteiger charge is -1.91. The Morgan fingerprint density at radius 3 is 2.87 bits per heavy atom. The van der Waals surface area contributed by atoms with Gasteiger partial charge in [0, 0.05) is 6.07 Å². The van der Waals surface area contributed by atoms with Crippen molar-refractivity contribution in [3.05, 3.63) is 48.4 Å². The Labute approximate surface area is 87.2 Å². The van der Waals surface area contributed by atoms with Crippen LogP contribution in [0, 0.1) is 0 Å². The van der Waals surface area contributed by atoms with Gasteiger partial charge in [-0.25, -0.2) is 4.79 Å². The number of carboxylic acid groups (broad SMARTS) is 1. The predicted octanol–water partition coefficient (Wildman–Crippen LogP) is 2.52. The largest absolute Gasteiger partial charge is 0.475 e. The average Bonchev–Trinajstić information content (AvgIpc) is 2.68. The number of aromatic nitrogens is 1. The van der Waals surface area contributed by atoms with Crippen LogP contribution in [-0.2, 0) is 0 Å². The molecule has 0 aliphatic carbocycles. The number of allylic oxidation sites excluding steroid dienone is 5. The normalized spacial score (nSPS) is 11.9. The van der Waals surface area contributed by atoms with E-state index in [0.29, 0.717) is 5.69 Å². The quantitative estimate of drug-likeness (QED) is 0.767. The standard InChI is InChI=1S/C11H11NO3/c1-3-5-6-8(4-2)9-7-10(11(13)14)15-12-9/h3-7H,1H2,2H3,(H,13,14)/b6-5-,8-4+. The second-order valence-corrected chi connectivity index (χ2v) is 2.72. The van der Waals surface area contributed by atoms with Crippen LogP contribution in [0.3, 0.4) is 0 Å². The van der Waals surface area contributed by atoms with Crippen molar-refractivity contribution < 1.29 is 14.4 Å². The summed E-state index contributed by atoms with van der Waals surface area (Å²) in [4.78, 5) is 10.6. The van der Waals surface area contributed by atoms with Crippen LogP contribution in [0.2, 0.25) is 0 Å². The Bertz CT molecular complexity index is 427. The highest BCUT2D eigenvalue weighted by Crippen LogP contribution is 2.15. The van der Waals surface area contributed by atoms with Gasteiger partial charge >= 0.3 is 5.97 Å². The zero-order valence-corrected chi connectivity index (χ0v) is 8.30. The molecule has 0 aromatic carbocycles. The molecule has 0 aliphatic heterocycles. The van der Waals surface area contributed by atoms with Gasteiger partial charge in [-0.15, -0.1) is 0 Å². The van der Waals surface area contributed by atoms with Crippen molar-refractivity contribution in [1.82, 2.24) is 5.16 Å². The van der Waals surface area contributed by atoms with Crippen LogP contribution in [0.1, 0.15) is 23.2 Å². The summed E-state index contributed by atoms with van der Waals surface area (Å²) in [7, 11) is 0. The van der Waals surface area contributed by atoms with Crippen molar-refractivity contribution in [2.45, 2.75) is 6.92 Å². The molecule has 0 amide bonds. The summed E-state index contributed by atoms with van der Waals surface area (Å²) in [5.74, 6) is -1.30.